The molecule has 9 heteroatoms. The van der Waals surface area contributed by atoms with Crippen LogP contribution in [0.15, 0.2) is 50.4 Å². The molecule has 0 amide bonds. The predicted octanol–water partition coefficient (Wildman–Crippen LogP) is 3.92. The number of pyridine rings is 2. The summed E-state index contributed by atoms with van der Waals surface area (Å²) in [5, 5.41) is 14.7. The molecule has 0 unspecified atom stereocenters. The van der Waals surface area contributed by atoms with Gasteiger partial charge in [-0.25, -0.2) is 9.78 Å². The lowest BCUT2D eigenvalue weighted by molar-refractivity contribution is 0.277. The molecule has 0 aliphatic heterocycles. The molecule has 0 saturated heterocycles. The van der Waals surface area contributed by atoms with Crippen LogP contribution in [-0.4, -0.2) is 31.9 Å². The summed E-state index contributed by atoms with van der Waals surface area (Å²) >= 11 is 0. The van der Waals surface area contributed by atoms with E-state index >= 15 is 0 Å². The van der Waals surface area contributed by atoms with Crippen LogP contribution in [0.1, 0.15) is 35.7 Å². The van der Waals surface area contributed by atoms with Gasteiger partial charge in [-0.2, -0.15) is 0 Å². The SMILES string of the molecule is COc1cc2c(cc1-c1c(C)noc1C)nc(CO)c1oc(=O)n([C@H](C)c3cccnc3)c12. The molecule has 4 heterocycles. The van der Waals surface area contributed by atoms with Crippen molar-refractivity contribution in [1.29, 1.82) is 0 Å². The Kier molecular flexibility index (Phi) is 4.98. The lowest BCUT2D eigenvalue weighted by atomic mass is 10.00. The molecular weight excluding hydrogens is 424 g/mol. The van der Waals surface area contributed by atoms with E-state index in [-0.39, 0.29) is 23.9 Å². The molecule has 0 bridgehead atoms. The third-order valence-electron chi connectivity index (χ3n) is 5.94. The molecule has 0 aliphatic rings. The number of methoxy groups -OCH3 is 1. The summed E-state index contributed by atoms with van der Waals surface area (Å²) < 4.78 is 18.2. The van der Waals surface area contributed by atoms with Crippen molar-refractivity contribution in [1.82, 2.24) is 19.7 Å². The number of hydrogen-bond donors (Lipinski definition) is 1. The number of oxazole rings is 1. The molecule has 1 atom stereocenters. The fourth-order valence-electron chi connectivity index (χ4n) is 4.34. The number of aryl methyl sites for hydroxylation is 2. The zero-order chi connectivity index (χ0) is 23.3. The Morgan fingerprint density at radius 2 is 2.09 bits per heavy atom. The second-order valence-corrected chi connectivity index (χ2v) is 7.86. The van der Waals surface area contributed by atoms with Crippen LogP contribution in [0, 0.1) is 13.8 Å². The molecule has 5 rings (SSSR count). The second kappa shape index (κ2) is 7.86. The topological polar surface area (TPSA) is 116 Å². The zero-order valence-corrected chi connectivity index (χ0v) is 18.6. The summed E-state index contributed by atoms with van der Waals surface area (Å²) in [6.45, 7) is 5.20. The summed E-state index contributed by atoms with van der Waals surface area (Å²) in [4.78, 5) is 21.7. The minimum absolute atomic E-state index is 0.248. The van der Waals surface area contributed by atoms with Crippen LogP contribution < -0.4 is 10.5 Å². The second-order valence-electron chi connectivity index (χ2n) is 7.86. The average molecular weight is 446 g/mol. The summed E-state index contributed by atoms with van der Waals surface area (Å²) in [6, 6.07) is 7.04. The van der Waals surface area contributed by atoms with Gasteiger partial charge in [0.15, 0.2) is 5.58 Å². The van der Waals surface area contributed by atoms with Crippen molar-refractivity contribution < 1.29 is 18.8 Å². The number of ether oxygens (including phenoxy) is 1. The Hall–Kier alpha value is -3.98. The van der Waals surface area contributed by atoms with Gasteiger partial charge in [0.25, 0.3) is 0 Å². The highest BCUT2D eigenvalue weighted by Gasteiger charge is 2.25. The van der Waals surface area contributed by atoms with E-state index in [0.717, 1.165) is 22.4 Å². The van der Waals surface area contributed by atoms with Crippen LogP contribution in [0.5, 0.6) is 5.75 Å². The van der Waals surface area contributed by atoms with Crippen LogP contribution in [-0.2, 0) is 6.61 Å². The van der Waals surface area contributed by atoms with E-state index in [4.69, 9.17) is 13.7 Å². The third-order valence-corrected chi connectivity index (χ3v) is 5.94. The van der Waals surface area contributed by atoms with Crippen molar-refractivity contribution in [2.24, 2.45) is 0 Å². The zero-order valence-electron chi connectivity index (χ0n) is 18.6. The number of nitrogens with zero attached hydrogens (tertiary/aromatic N) is 4. The monoisotopic (exact) mass is 446 g/mol. The predicted molar refractivity (Wildman–Crippen MR) is 121 cm³/mol. The van der Waals surface area contributed by atoms with Crippen LogP contribution in [0.2, 0.25) is 0 Å². The highest BCUT2D eigenvalue weighted by atomic mass is 16.5. The van der Waals surface area contributed by atoms with Crippen molar-refractivity contribution in [3.63, 3.8) is 0 Å². The molecule has 0 saturated carbocycles. The van der Waals surface area contributed by atoms with Crippen molar-refractivity contribution >= 4 is 22.0 Å². The van der Waals surface area contributed by atoms with Crippen LogP contribution >= 0.6 is 0 Å². The van der Waals surface area contributed by atoms with Gasteiger partial charge in [-0.05, 0) is 44.5 Å². The van der Waals surface area contributed by atoms with Gasteiger partial charge in [0.1, 0.15) is 22.7 Å². The normalized spacial score (nSPS) is 12.5. The maximum Gasteiger partial charge on any atom is 0.420 e. The number of benzene rings is 1. The summed E-state index contributed by atoms with van der Waals surface area (Å²) in [7, 11) is 1.58. The van der Waals surface area contributed by atoms with Crippen LogP contribution in [0.25, 0.3) is 33.1 Å². The van der Waals surface area contributed by atoms with Crippen LogP contribution in [0.4, 0.5) is 0 Å². The number of rotatable bonds is 5. The van der Waals surface area contributed by atoms with Gasteiger partial charge in [0.05, 0.1) is 36.5 Å². The van der Waals surface area contributed by atoms with E-state index < -0.39 is 5.76 Å². The van der Waals surface area contributed by atoms with E-state index in [1.807, 2.05) is 45.0 Å². The Morgan fingerprint density at radius 3 is 2.73 bits per heavy atom. The first-order valence-corrected chi connectivity index (χ1v) is 10.4. The largest absolute Gasteiger partial charge is 0.496 e. The van der Waals surface area contributed by atoms with Crippen molar-refractivity contribution in [3.05, 3.63) is 69.9 Å². The molecule has 0 fully saturated rings. The van der Waals surface area contributed by atoms with Gasteiger partial charge in [-0.15, -0.1) is 0 Å². The number of fused-ring (bicyclic) bond motifs is 3. The first-order chi connectivity index (χ1) is 15.9. The highest BCUT2D eigenvalue weighted by Crippen LogP contribution is 2.40. The molecule has 33 heavy (non-hydrogen) atoms. The standard InChI is InChI=1S/C24H22N4O5/c1-12-21(14(3)33-27-12)17-8-18-16(9-20(17)31-4)22-23(19(11-29)26-18)32-24(30)28(22)13(2)15-6-5-7-25-10-15/h5-10,13,29H,11H2,1-4H3/t13-/m1/s1. The van der Waals surface area contributed by atoms with E-state index in [9.17, 15) is 9.90 Å². The Labute approximate surface area is 188 Å². The molecule has 1 aromatic carbocycles. The Bertz CT molecular complexity index is 1530. The fraction of sp³-hybridized carbons (Fsp3) is 0.250. The molecule has 0 aliphatic carbocycles. The van der Waals surface area contributed by atoms with Crippen molar-refractivity contribution in [2.75, 3.05) is 7.11 Å². The summed E-state index contributed by atoms with van der Waals surface area (Å²) in [6.07, 6.45) is 3.39. The third kappa shape index (κ3) is 3.20. The molecule has 0 radical (unpaired) electrons. The average Bonchev–Trinajstić information content (AvgIpc) is 3.35. The van der Waals surface area contributed by atoms with Gasteiger partial charge in [0, 0.05) is 23.3 Å². The summed E-state index contributed by atoms with van der Waals surface area (Å²) in [5.74, 6) is 0.684. The van der Waals surface area contributed by atoms with Gasteiger partial charge < -0.3 is 18.8 Å². The molecule has 9 nitrogen and oxygen atoms in total. The molecule has 4 aromatic heterocycles. The maximum atomic E-state index is 13.0. The van der Waals surface area contributed by atoms with E-state index in [0.29, 0.717) is 27.9 Å². The number of hydrogen-bond acceptors (Lipinski definition) is 8. The van der Waals surface area contributed by atoms with Gasteiger partial charge in [-0.1, -0.05) is 11.2 Å². The van der Waals surface area contributed by atoms with Crippen LogP contribution in [0.3, 0.4) is 0 Å². The maximum absolute atomic E-state index is 13.0. The number of aromatic nitrogens is 4. The molecule has 0 spiro atoms. The summed E-state index contributed by atoms with van der Waals surface area (Å²) in [5.41, 5.74) is 4.78. The van der Waals surface area contributed by atoms with Crippen molar-refractivity contribution in [3.8, 4) is 16.9 Å². The molecular formula is C24H22N4O5. The van der Waals surface area contributed by atoms with Gasteiger partial charge >= 0.3 is 5.76 Å². The molecule has 1 N–H and O–H groups in total. The highest BCUT2D eigenvalue weighted by molar-refractivity contribution is 6.05. The van der Waals surface area contributed by atoms with Gasteiger partial charge in [-0.3, -0.25) is 9.55 Å². The number of aliphatic hydroxyl groups is 1. The first-order valence-electron chi connectivity index (χ1n) is 10.4. The molecule has 168 valence electrons. The Morgan fingerprint density at radius 1 is 1.27 bits per heavy atom. The minimum atomic E-state index is -0.542. The first kappa shape index (κ1) is 20.9. The van der Waals surface area contributed by atoms with Gasteiger partial charge in [0.2, 0.25) is 0 Å². The fourth-order valence-corrected chi connectivity index (χ4v) is 4.34. The quantitative estimate of drug-likeness (QED) is 0.432. The molecule has 5 aromatic rings. The Balaban J connectivity index is 1.88. The number of aliphatic hydroxyl groups excluding tert-OH is 1. The van der Waals surface area contributed by atoms with E-state index in [1.165, 1.54) is 0 Å². The van der Waals surface area contributed by atoms with E-state index in [2.05, 4.69) is 15.1 Å². The smallest absolute Gasteiger partial charge is 0.420 e. The lowest BCUT2D eigenvalue weighted by Gasteiger charge is -2.15. The van der Waals surface area contributed by atoms with E-state index in [1.54, 1.807) is 24.1 Å². The lowest BCUT2D eigenvalue weighted by Crippen LogP contribution is -2.19. The van der Waals surface area contributed by atoms with Crippen molar-refractivity contribution in [2.45, 2.75) is 33.4 Å². The minimum Gasteiger partial charge on any atom is -0.496 e.